The van der Waals surface area contributed by atoms with Gasteiger partial charge in [0.15, 0.2) is 5.17 Å². The average Bonchev–Trinajstić information content (AvgIpc) is 2.66. The molecule has 0 spiro atoms. The number of hydrogen-bond acceptors (Lipinski definition) is 5. The molecule has 3 rings (SSSR count). The molecule has 2 aromatic rings. The van der Waals surface area contributed by atoms with E-state index in [2.05, 4.69) is 51.0 Å². The highest BCUT2D eigenvalue weighted by Gasteiger charge is 2.24. The number of hydrogen-bond donors (Lipinski definition) is 3. The second-order valence-corrected chi connectivity index (χ2v) is 7.64. The summed E-state index contributed by atoms with van der Waals surface area (Å²) in [5.41, 5.74) is 8.38. The van der Waals surface area contributed by atoms with Crippen LogP contribution in [0.1, 0.15) is 25.5 Å². The van der Waals surface area contributed by atoms with Crippen LogP contribution in [-0.4, -0.2) is 56.9 Å². The summed E-state index contributed by atoms with van der Waals surface area (Å²) in [5, 5.41) is 11.9. The first-order valence-corrected chi connectivity index (χ1v) is 9.76. The molecule has 142 valence electrons. The Kier molecular flexibility index (Phi) is 6.08. The minimum atomic E-state index is -0.260. The largest absolute Gasteiger partial charge is 0.312 e. The van der Waals surface area contributed by atoms with Crippen molar-refractivity contribution >= 4 is 38.9 Å². The van der Waals surface area contributed by atoms with E-state index in [1.165, 1.54) is 12.5 Å². The third-order valence-electron chi connectivity index (χ3n) is 4.78. The fourth-order valence-corrected chi connectivity index (χ4v) is 3.95. The predicted octanol–water partition coefficient (Wildman–Crippen LogP) is 1.74. The molecule has 1 atom stereocenters. The fraction of sp³-hybridized carbons (Fsp3) is 0.368. The standard InChI is InChI=1S/C19H24N6OS/c1-13(16-6-5-15-4-3-7-22-17(15)12-16)24-8-10-25(11-9-24)19(21)27-18(20)23-14(2)26/h3-7,12-13,21H,8-11H2,1-2H3,(H2,20,23,26)/p+1. The van der Waals surface area contributed by atoms with E-state index >= 15 is 0 Å². The van der Waals surface area contributed by atoms with E-state index in [0.717, 1.165) is 48.8 Å². The van der Waals surface area contributed by atoms with E-state index in [1.54, 1.807) is 0 Å². The number of piperazine rings is 1. The maximum atomic E-state index is 11.0. The highest BCUT2D eigenvalue weighted by Crippen LogP contribution is 2.24. The minimum Gasteiger partial charge on any atom is -0.305 e. The van der Waals surface area contributed by atoms with Gasteiger partial charge >= 0.3 is 5.17 Å². The van der Waals surface area contributed by atoms with Gasteiger partial charge < -0.3 is 5.32 Å². The van der Waals surface area contributed by atoms with Crippen LogP contribution in [0.3, 0.4) is 0 Å². The van der Waals surface area contributed by atoms with Crippen molar-refractivity contribution in [3.63, 3.8) is 0 Å². The monoisotopic (exact) mass is 385 g/mol. The lowest BCUT2D eigenvalue weighted by Crippen LogP contribution is -2.46. The maximum Gasteiger partial charge on any atom is 0.312 e. The van der Waals surface area contributed by atoms with Gasteiger partial charge in [0.25, 0.3) is 0 Å². The normalized spacial score (nSPS) is 16.1. The quantitative estimate of drug-likeness (QED) is 0.416. The van der Waals surface area contributed by atoms with Gasteiger partial charge in [-0.25, -0.2) is 0 Å². The molecule has 0 bridgehead atoms. The average molecular weight is 386 g/mol. The zero-order valence-corrected chi connectivity index (χ0v) is 16.4. The van der Waals surface area contributed by atoms with Crippen LogP contribution in [0.25, 0.3) is 10.9 Å². The van der Waals surface area contributed by atoms with Gasteiger partial charge in [-0.15, -0.1) is 0 Å². The highest BCUT2D eigenvalue weighted by molar-refractivity contribution is 8.26. The number of pyridine rings is 1. The van der Waals surface area contributed by atoms with Crippen LogP contribution >= 0.6 is 11.8 Å². The number of rotatable bonds is 2. The number of nitrogens with two attached hydrogens (primary N) is 1. The Balaban J connectivity index is 1.63. The summed E-state index contributed by atoms with van der Waals surface area (Å²) in [4.78, 5) is 17.9. The van der Waals surface area contributed by atoms with Gasteiger partial charge in [0.1, 0.15) is 0 Å². The first-order valence-electron chi connectivity index (χ1n) is 8.94. The van der Waals surface area contributed by atoms with E-state index in [0.29, 0.717) is 11.2 Å². The molecule has 4 N–H and O–H groups in total. The van der Waals surface area contributed by atoms with Crippen molar-refractivity contribution in [2.45, 2.75) is 19.9 Å². The van der Waals surface area contributed by atoms with Gasteiger partial charge in [-0.3, -0.25) is 30.4 Å². The summed E-state index contributed by atoms with van der Waals surface area (Å²) in [6.07, 6.45) is 1.82. The van der Waals surface area contributed by atoms with Crippen molar-refractivity contribution in [1.82, 2.24) is 15.2 Å². The third-order valence-corrected chi connectivity index (χ3v) is 5.56. The molecule has 27 heavy (non-hydrogen) atoms. The Morgan fingerprint density at radius 2 is 2.11 bits per heavy atom. The number of amidine groups is 2. The molecule has 8 heteroatoms. The van der Waals surface area contributed by atoms with Crippen molar-refractivity contribution in [3.8, 4) is 0 Å². The van der Waals surface area contributed by atoms with Crippen LogP contribution in [0.4, 0.5) is 0 Å². The van der Waals surface area contributed by atoms with Gasteiger partial charge in [-0.05, 0) is 24.6 Å². The van der Waals surface area contributed by atoms with Gasteiger partial charge in [0.2, 0.25) is 5.91 Å². The van der Waals surface area contributed by atoms with Gasteiger partial charge in [-0.1, -0.05) is 18.2 Å². The minimum absolute atomic E-state index is 0.0551. The Hall–Kier alpha value is -2.45. The number of fused-ring (bicyclic) bond motifs is 1. The smallest absolute Gasteiger partial charge is 0.305 e. The fourth-order valence-electron chi connectivity index (χ4n) is 3.24. The number of aromatic nitrogens is 1. The molecule has 7 nitrogen and oxygen atoms in total. The van der Waals surface area contributed by atoms with Crippen LogP contribution < -0.4 is 11.1 Å². The number of amides is 1. The van der Waals surface area contributed by atoms with Crippen LogP contribution in [0.2, 0.25) is 0 Å². The highest BCUT2D eigenvalue weighted by atomic mass is 32.2. The molecule has 2 heterocycles. The van der Waals surface area contributed by atoms with Crippen molar-refractivity contribution in [2.24, 2.45) is 5.73 Å². The zero-order valence-electron chi connectivity index (χ0n) is 15.6. The van der Waals surface area contributed by atoms with Crippen LogP contribution in [0.5, 0.6) is 0 Å². The topological polar surface area (TPSA) is 98.1 Å². The van der Waals surface area contributed by atoms with Gasteiger partial charge in [0.05, 0.1) is 18.6 Å². The van der Waals surface area contributed by atoms with Crippen LogP contribution in [0, 0.1) is 5.41 Å². The van der Waals surface area contributed by atoms with E-state index < -0.39 is 0 Å². The van der Waals surface area contributed by atoms with Crippen molar-refractivity contribution in [1.29, 1.82) is 5.41 Å². The molecular weight excluding hydrogens is 360 g/mol. The molecule has 1 aromatic carbocycles. The molecule has 0 aliphatic carbocycles. The van der Waals surface area contributed by atoms with Gasteiger partial charge in [-0.2, -0.15) is 0 Å². The molecule has 1 saturated heterocycles. The van der Waals surface area contributed by atoms with Crippen molar-refractivity contribution in [3.05, 3.63) is 42.1 Å². The summed E-state index contributed by atoms with van der Waals surface area (Å²) in [7, 11) is 0. The summed E-state index contributed by atoms with van der Waals surface area (Å²) >= 11 is 1.09. The molecule has 0 saturated carbocycles. The van der Waals surface area contributed by atoms with Crippen LogP contribution in [-0.2, 0) is 4.79 Å². The molecule has 1 unspecified atom stereocenters. The maximum absolute atomic E-state index is 11.0. The summed E-state index contributed by atoms with van der Waals surface area (Å²) < 4.78 is 2.06. The van der Waals surface area contributed by atoms with Crippen molar-refractivity contribution < 1.29 is 9.37 Å². The van der Waals surface area contributed by atoms with Gasteiger partial charge in [0, 0.05) is 49.4 Å². The van der Waals surface area contributed by atoms with Crippen LogP contribution in [0.15, 0.2) is 36.5 Å². The SMILES string of the molecule is CC(=O)NC(=N)SC(N)=[N+]1CCN(C(C)c2ccc3cccnc3c2)CC1. The number of benzene rings is 1. The summed E-state index contributed by atoms with van der Waals surface area (Å²) in [6, 6.07) is 10.8. The summed E-state index contributed by atoms with van der Waals surface area (Å²) in [6.45, 7) is 6.96. The third kappa shape index (κ3) is 4.84. The predicted molar refractivity (Wildman–Crippen MR) is 110 cm³/mol. The first-order chi connectivity index (χ1) is 12.9. The van der Waals surface area contributed by atoms with E-state index in [9.17, 15) is 4.79 Å². The van der Waals surface area contributed by atoms with E-state index in [4.69, 9.17) is 11.1 Å². The summed E-state index contributed by atoms with van der Waals surface area (Å²) in [5.74, 6) is -0.260. The lowest BCUT2D eigenvalue weighted by atomic mass is 10.0. The zero-order chi connectivity index (χ0) is 19.4. The molecule has 1 aromatic heterocycles. The molecular formula is C19H25N6OS+. The molecule has 1 fully saturated rings. The van der Waals surface area contributed by atoms with E-state index in [-0.39, 0.29) is 11.1 Å². The molecule has 1 aliphatic rings. The lowest BCUT2D eigenvalue weighted by Gasteiger charge is -2.33. The Labute approximate surface area is 163 Å². The number of nitrogens with one attached hydrogen (secondary N) is 2. The molecule has 1 aliphatic heterocycles. The van der Waals surface area contributed by atoms with Crippen molar-refractivity contribution in [2.75, 3.05) is 26.2 Å². The first kappa shape index (κ1) is 19.3. The van der Waals surface area contributed by atoms with E-state index in [1.807, 2.05) is 12.3 Å². The Morgan fingerprint density at radius 3 is 2.81 bits per heavy atom. The molecule has 1 amide bonds. The second kappa shape index (κ2) is 8.49. The Morgan fingerprint density at radius 1 is 1.37 bits per heavy atom. The number of nitrogens with zero attached hydrogens (tertiary/aromatic N) is 3. The number of carbonyl (C=O) groups is 1. The second-order valence-electron chi connectivity index (χ2n) is 6.61. The lowest BCUT2D eigenvalue weighted by molar-refractivity contribution is -0.538. The number of carbonyl (C=O) groups excluding carboxylic acids is 1. The Bertz CT molecular complexity index is 887. The number of thioether (sulfide) groups is 1. The molecule has 0 radical (unpaired) electrons.